The lowest BCUT2D eigenvalue weighted by Crippen LogP contribution is -2.15. The molecule has 0 fully saturated rings. The number of amides is 1. The number of carbonyl (C=O) groups excluding carboxylic acids is 1. The van der Waals surface area contributed by atoms with Gasteiger partial charge in [0.1, 0.15) is 0 Å². The van der Waals surface area contributed by atoms with Crippen molar-refractivity contribution in [2.24, 2.45) is 5.73 Å². The Morgan fingerprint density at radius 3 is 2.28 bits per heavy atom. The van der Waals surface area contributed by atoms with Crippen molar-refractivity contribution in [2.75, 3.05) is 12.4 Å². The predicted octanol–water partition coefficient (Wildman–Crippen LogP) is 4.02. The zero-order chi connectivity index (χ0) is 18.6. The monoisotopic (exact) mass is 337 g/mol. The number of nitrogens with one attached hydrogen (secondary N) is 2. The van der Waals surface area contributed by atoms with E-state index in [1.54, 1.807) is 13.2 Å². The lowest BCUT2D eigenvalue weighted by molar-refractivity contribution is 0.102. The molecule has 0 radical (unpaired) electrons. The van der Waals surface area contributed by atoms with Gasteiger partial charge in [0.15, 0.2) is 0 Å². The van der Waals surface area contributed by atoms with Gasteiger partial charge in [-0.3, -0.25) is 4.79 Å². The maximum absolute atomic E-state index is 12.6. The van der Waals surface area contributed by atoms with E-state index in [2.05, 4.69) is 31.4 Å². The van der Waals surface area contributed by atoms with Gasteiger partial charge in [0.05, 0.1) is 5.70 Å². The molecule has 0 heterocycles. The third-order valence-electron chi connectivity index (χ3n) is 4.21. The van der Waals surface area contributed by atoms with E-state index in [0.717, 1.165) is 16.8 Å². The summed E-state index contributed by atoms with van der Waals surface area (Å²) in [4.78, 5) is 12.6. The molecule has 0 atom stereocenters. The Kier molecular flexibility index (Phi) is 5.52. The molecule has 0 aliphatic heterocycles. The van der Waals surface area contributed by atoms with Gasteiger partial charge < -0.3 is 16.4 Å². The summed E-state index contributed by atoms with van der Waals surface area (Å²) in [6.45, 7) is 8.41. The summed E-state index contributed by atoms with van der Waals surface area (Å²) < 4.78 is 0. The van der Waals surface area contributed by atoms with Gasteiger partial charge in [-0.1, -0.05) is 45.0 Å². The van der Waals surface area contributed by atoms with Gasteiger partial charge in [-0.15, -0.1) is 0 Å². The SMILES string of the molecule is CN/C=C(\N)c1cccc(NC(=O)c2ccc(C(C)(C)C)cc2)c1C. The van der Waals surface area contributed by atoms with E-state index in [9.17, 15) is 4.79 Å². The second-order valence-corrected chi connectivity index (χ2v) is 7.15. The lowest BCUT2D eigenvalue weighted by Gasteiger charge is -2.19. The zero-order valence-electron chi connectivity index (χ0n) is 15.6. The van der Waals surface area contributed by atoms with Crippen molar-refractivity contribution in [1.29, 1.82) is 0 Å². The van der Waals surface area contributed by atoms with Gasteiger partial charge in [-0.25, -0.2) is 0 Å². The maximum atomic E-state index is 12.6. The first-order chi connectivity index (χ1) is 11.7. The summed E-state index contributed by atoms with van der Waals surface area (Å²) in [5.41, 5.74) is 11.2. The minimum absolute atomic E-state index is 0.0666. The standard InChI is InChI=1S/C21H27N3O/c1-14-17(18(22)13-23-5)7-6-8-19(14)24-20(25)15-9-11-16(12-10-15)21(2,3)4/h6-13,23H,22H2,1-5H3,(H,24,25)/b18-13-. The van der Waals surface area contributed by atoms with Crippen LogP contribution in [-0.4, -0.2) is 13.0 Å². The molecule has 4 N–H and O–H groups in total. The molecule has 0 aliphatic carbocycles. The molecule has 2 aromatic carbocycles. The molecule has 25 heavy (non-hydrogen) atoms. The van der Waals surface area contributed by atoms with Crippen molar-refractivity contribution in [3.63, 3.8) is 0 Å². The lowest BCUT2D eigenvalue weighted by atomic mass is 9.86. The average Bonchev–Trinajstić information content (AvgIpc) is 2.56. The molecule has 0 aliphatic rings. The summed E-state index contributed by atoms with van der Waals surface area (Å²) in [7, 11) is 1.80. The van der Waals surface area contributed by atoms with Crippen LogP contribution in [0.15, 0.2) is 48.7 Å². The minimum Gasteiger partial charge on any atom is -0.397 e. The second-order valence-electron chi connectivity index (χ2n) is 7.15. The first-order valence-corrected chi connectivity index (χ1v) is 8.39. The maximum Gasteiger partial charge on any atom is 0.255 e. The van der Waals surface area contributed by atoms with E-state index in [1.165, 1.54) is 5.56 Å². The Balaban J connectivity index is 2.24. The van der Waals surface area contributed by atoms with Crippen molar-refractivity contribution >= 4 is 17.3 Å². The number of anilines is 1. The molecule has 0 saturated heterocycles. The summed E-state index contributed by atoms with van der Waals surface area (Å²) in [6, 6.07) is 13.4. The Bertz CT molecular complexity index is 784. The van der Waals surface area contributed by atoms with Gasteiger partial charge in [-0.05, 0) is 41.7 Å². The number of nitrogens with two attached hydrogens (primary N) is 1. The quantitative estimate of drug-likeness (QED) is 0.789. The third kappa shape index (κ3) is 4.41. The van der Waals surface area contributed by atoms with Gasteiger partial charge in [0.2, 0.25) is 0 Å². The molecule has 132 valence electrons. The molecule has 0 saturated carbocycles. The first kappa shape index (κ1) is 18.6. The van der Waals surface area contributed by atoms with E-state index < -0.39 is 0 Å². The van der Waals surface area contributed by atoms with Crippen molar-refractivity contribution < 1.29 is 4.79 Å². The molecular weight excluding hydrogens is 310 g/mol. The molecule has 0 unspecified atom stereocenters. The Labute approximate surface area is 150 Å². The molecule has 0 spiro atoms. The van der Waals surface area contributed by atoms with Crippen LogP contribution < -0.4 is 16.4 Å². The van der Waals surface area contributed by atoms with Gasteiger partial charge in [-0.2, -0.15) is 0 Å². The molecule has 0 bridgehead atoms. The third-order valence-corrected chi connectivity index (χ3v) is 4.21. The van der Waals surface area contributed by atoms with Crippen LogP contribution in [0.3, 0.4) is 0 Å². The summed E-state index contributed by atoms with van der Waals surface area (Å²) >= 11 is 0. The molecule has 0 aromatic heterocycles. The Morgan fingerprint density at radius 2 is 1.72 bits per heavy atom. The zero-order valence-corrected chi connectivity index (χ0v) is 15.6. The highest BCUT2D eigenvalue weighted by molar-refractivity contribution is 6.05. The van der Waals surface area contributed by atoms with Crippen molar-refractivity contribution in [3.8, 4) is 0 Å². The summed E-state index contributed by atoms with van der Waals surface area (Å²) in [6.07, 6.45) is 1.74. The van der Waals surface area contributed by atoms with Crippen LogP contribution in [0.25, 0.3) is 5.70 Å². The van der Waals surface area contributed by atoms with E-state index in [-0.39, 0.29) is 11.3 Å². The first-order valence-electron chi connectivity index (χ1n) is 8.39. The minimum atomic E-state index is -0.128. The number of carbonyl (C=O) groups is 1. The fraction of sp³-hybridized carbons (Fsp3) is 0.286. The van der Waals surface area contributed by atoms with Crippen LogP contribution in [0.1, 0.15) is 47.8 Å². The molecular formula is C21H27N3O. The fourth-order valence-electron chi connectivity index (χ4n) is 2.63. The Morgan fingerprint density at radius 1 is 1.08 bits per heavy atom. The smallest absolute Gasteiger partial charge is 0.255 e. The van der Waals surface area contributed by atoms with Crippen molar-refractivity contribution in [3.05, 3.63) is 70.9 Å². The average molecular weight is 337 g/mol. The molecule has 1 amide bonds. The van der Waals surface area contributed by atoms with E-state index >= 15 is 0 Å². The van der Waals surface area contributed by atoms with Gasteiger partial charge in [0, 0.05) is 30.1 Å². The largest absolute Gasteiger partial charge is 0.397 e. The highest BCUT2D eigenvalue weighted by Crippen LogP contribution is 2.24. The van der Waals surface area contributed by atoms with Crippen molar-refractivity contribution in [2.45, 2.75) is 33.1 Å². The molecule has 4 nitrogen and oxygen atoms in total. The number of benzene rings is 2. The van der Waals surface area contributed by atoms with Crippen LogP contribution in [-0.2, 0) is 5.41 Å². The van der Waals surface area contributed by atoms with E-state index in [0.29, 0.717) is 11.3 Å². The second kappa shape index (κ2) is 7.43. The van der Waals surface area contributed by atoms with E-state index in [4.69, 9.17) is 5.73 Å². The molecule has 2 rings (SSSR count). The number of hydrogen-bond acceptors (Lipinski definition) is 3. The van der Waals surface area contributed by atoms with Crippen LogP contribution in [0.2, 0.25) is 0 Å². The highest BCUT2D eigenvalue weighted by Gasteiger charge is 2.15. The van der Waals surface area contributed by atoms with Gasteiger partial charge >= 0.3 is 0 Å². The Hall–Kier alpha value is -2.75. The normalized spacial score (nSPS) is 12.0. The van der Waals surface area contributed by atoms with Gasteiger partial charge in [0.25, 0.3) is 5.91 Å². The van der Waals surface area contributed by atoms with Crippen LogP contribution >= 0.6 is 0 Å². The fourth-order valence-corrected chi connectivity index (χ4v) is 2.63. The highest BCUT2D eigenvalue weighted by atomic mass is 16.1. The summed E-state index contributed by atoms with van der Waals surface area (Å²) in [5.74, 6) is -0.128. The molecule has 2 aromatic rings. The number of rotatable bonds is 4. The van der Waals surface area contributed by atoms with E-state index in [1.807, 2.05) is 49.4 Å². The topological polar surface area (TPSA) is 67.2 Å². The summed E-state index contributed by atoms with van der Waals surface area (Å²) in [5, 5.41) is 5.90. The predicted molar refractivity (Wildman–Crippen MR) is 105 cm³/mol. The van der Waals surface area contributed by atoms with Crippen LogP contribution in [0.4, 0.5) is 5.69 Å². The van der Waals surface area contributed by atoms with Crippen molar-refractivity contribution in [1.82, 2.24) is 5.32 Å². The number of hydrogen-bond donors (Lipinski definition) is 3. The van der Waals surface area contributed by atoms with Crippen LogP contribution in [0, 0.1) is 6.92 Å². The molecule has 4 heteroatoms. The van der Waals surface area contributed by atoms with Crippen LogP contribution in [0.5, 0.6) is 0 Å².